The van der Waals surface area contributed by atoms with E-state index in [2.05, 4.69) is 31.6 Å². The van der Waals surface area contributed by atoms with Crippen molar-refractivity contribution >= 4 is 53.2 Å². The monoisotopic (exact) mass is 803 g/mol. The predicted molar refractivity (Wildman–Crippen MR) is 214 cm³/mol. The Labute approximate surface area is 332 Å². The van der Waals surface area contributed by atoms with Gasteiger partial charge in [0, 0.05) is 39.3 Å². The summed E-state index contributed by atoms with van der Waals surface area (Å²) in [5.41, 5.74) is -2.72. The fourth-order valence-corrected chi connectivity index (χ4v) is 4.73. The van der Waals surface area contributed by atoms with Gasteiger partial charge in [-0.3, -0.25) is 25.2 Å². The molecule has 55 heavy (non-hydrogen) atoms. The summed E-state index contributed by atoms with van der Waals surface area (Å²) < 4.78 is 21.3. The Kier molecular flexibility index (Phi) is 23.4. The molecule has 0 aliphatic carbocycles. The first kappa shape index (κ1) is 51.0. The van der Waals surface area contributed by atoms with Crippen molar-refractivity contribution in [3.05, 3.63) is 0 Å². The van der Waals surface area contributed by atoms with Gasteiger partial charge >= 0.3 is 24.4 Å². The van der Waals surface area contributed by atoms with E-state index in [1.807, 2.05) is 0 Å². The van der Waals surface area contributed by atoms with E-state index in [-0.39, 0.29) is 22.9 Å². The third-order valence-electron chi connectivity index (χ3n) is 6.30. The van der Waals surface area contributed by atoms with Crippen LogP contribution in [0, 0.1) is 0 Å². The number of nitrogens with one attached hydrogen (secondary N) is 5. The number of guanidine groups is 1. The predicted octanol–water partition coefficient (Wildman–Crippen LogP) is 6.44. The third-order valence-corrected chi connectivity index (χ3v) is 7.11. The summed E-state index contributed by atoms with van der Waals surface area (Å²) in [6.07, 6.45) is 2.27. The molecule has 0 fully saturated rings. The molecule has 5 N–H and O–H groups in total. The zero-order valence-electron chi connectivity index (χ0n) is 35.3. The van der Waals surface area contributed by atoms with Crippen LogP contribution in [0.1, 0.15) is 128 Å². The Morgan fingerprint density at radius 1 is 0.527 bits per heavy atom. The van der Waals surface area contributed by atoms with Crippen molar-refractivity contribution in [1.82, 2.24) is 31.5 Å². The molecular formula is C37H69N7O10S. The van der Waals surface area contributed by atoms with Gasteiger partial charge in [0.15, 0.2) is 0 Å². The molecule has 0 saturated carbocycles. The normalized spacial score (nSPS) is 11.7. The van der Waals surface area contributed by atoms with E-state index in [4.69, 9.17) is 18.9 Å². The van der Waals surface area contributed by atoms with Crippen LogP contribution in [0.3, 0.4) is 0 Å². The maximum atomic E-state index is 12.7. The number of thioether (sulfide) groups is 1. The molecule has 0 rings (SSSR count). The fraction of sp³-hybridized carbons (Fsp3) is 0.811. The lowest BCUT2D eigenvalue weighted by molar-refractivity contribution is -0.118. The van der Waals surface area contributed by atoms with Gasteiger partial charge in [0.2, 0.25) is 11.9 Å². The van der Waals surface area contributed by atoms with Gasteiger partial charge in [-0.15, -0.1) is 0 Å². The molecule has 18 heteroatoms. The zero-order chi connectivity index (χ0) is 42.3. The average Bonchev–Trinajstić information content (AvgIpc) is 2.98. The van der Waals surface area contributed by atoms with Crippen LogP contribution in [0.5, 0.6) is 0 Å². The Morgan fingerprint density at radius 2 is 0.982 bits per heavy atom. The molecule has 0 aromatic carbocycles. The van der Waals surface area contributed by atoms with Gasteiger partial charge in [-0.1, -0.05) is 24.6 Å². The van der Waals surface area contributed by atoms with Crippen molar-refractivity contribution in [1.29, 1.82) is 0 Å². The van der Waals surface area contributed by atoms with E-state index in [0.717, 1.165) is 31.0 Å². The average molecular weight is 804 g/mol. The van der Waals surface area contributed by atoms with Crippen molar-refractivity contribution in [2.75, 3.05) is 45.0 Å². The SMILES string of the molecule is CC(C)(C)OC(=O)NCCCN(CCCCNC(=O)SCC(=O)NCCCCCCN=C(NC(=O)OC(C)(C)C)NC(=O)OC(C)(C)C)C(=O)OC(C)(C)C. The van der Waals surface area contributed by atoms with Crippen LogP contribution in [-0.2, 0) is 23.7 Å². The first-order valence-corrected chi connectivity index (χ1v) is 19.9. The summed E-state index contributed by atoms with van der Waals surface area (Å²) in [5, 5.41) is 12.9. The largest absolute Gasteiger partial charge is 0.444 e. The highest BCUT2D eigenvalue weighted by atomic mass is 32.2. The second kappa shape index (κ2) is 25.2. The van der Waals surface area contributed by atoms with Crippen LogP contribution in [0.15, 0.2) is 4.99 Å². The van der Waals surface area contributed by atoms with Gasteiger partial charge in [0.25, 0.3) is 5.24 Å². The van der Waals surface area contributed by atoms with Gasteiger partial charge in [0.05, 0.1) is 5.75 Å². The van der Waals surface area contributed by atoms with E-state index in [1.54, 1.807) is 88.0 Å². The number of alkyl carbamates (subject to hydrolysis) is 3. The minimum absolute atomic E-state index is 0.0115. The quantitative estimate of drug-likeness (QED) is 0.0440. The van der Waals surface area contributed by atoms with Gasteiger partial charge < -0.3 is 39.8 Å². The van der Waals surface area contributed by atoms with Crippen molar-refractivity contribution < 1.29 is 47.7 Å². The Balaban J connectivity index is 4.42. The second-order valence-corrected chi connectivity index (χ2v) is 17.7. The molecular weight excluding hydrogens is 735 g/mol. The van der Waals surface area contributed by atoms with Crippen LogP contribution in [0.4, 0.5) is 24.0 Å². The number of aliphatic imine (C=N–C) groups is 1. The third kappa shape index (κ3) is 33.1. The summed E-state index contributed by atoms with van der Waals surface area (Å²) in [6.45, 7) is 23.4. The number of carbonyl (C=O) groups is 6. The summed E-state index contributed by atoms with van der Waals surface area (Å²) in [7, 11) is 0. The molecule has 0 unspecified atom stereocenters. The minimum Gasteiger partial charge on any atom is -0.444 e. The van der Waals surface area contributed by atoms with Crippen molar-refractivity contribution in [3.63, 3.8) is 0 Å². The number of hydrogen-bond acceptors (Lipinski definition) is 12. The lowest BCUT2D eigenvalue weighted by Gasteiger charge is -2.27. The van der Waals surface area contributed by atoms with Crippen molar-refractivity contribution in [2.45, 2.75) is 150 Å². The van der Waals surface area contributed by atoms with Crippen LogP contribution < -0.4 is 26.6 Å². The Morgan fingerprint density at radius 3 is 1.53 bits per heavy atom. The summed E-state index contributed by atoms with van der Waals surface area (Å²) >= 11 is 0.887. The highest BCUT2D eigenvalue weighted by Gasteiger charge is 2.23. The fourth-order valence-electron chi connectivity index (χ4n) is 4.17. The molecule has 318 valence electrons. The highest BCUT2D eigenvalue weighted by Crippen LogP contribution is 2.12. The van der Waals surface area contributed by atoms with Crippen molar-refractivity contribution in [2.24, 2.45) is 4.99 Å². The molecule has 0 bridgehead atoms. The summed E-state index contributed by atoms with van der Waals surface area (Å²) in [5.74, 6) is -0.326. The first-order chi connectivity index (χ1) is 25.2. The Hall–Kier alpha value is -3.96. The van der Waals surface area contributed by atoms with E-state index in [1.165, 1.54) is 0 Å². The molecule has 0 radical (unpaired) electrons. The van der Waals surface area contributed by atoms with Crippen LogP contribution in [0.2, 0.25) is 0 Å². The molecule has 6 amide bonds. The smallest absolute Gasteiger partial charge is 0.414 e. The van der Waals surface area contributed by atoms with E-state index < -0.39 is 46.8 Å². The first-order valence-electron chi connectivity index (χ1n) is 18.9. The lowest BCUT2D eigenvalue weighted by atomic mass is 10.2. The molecule has 0 spiro atoms. The molecule has 0 atom stereocenters. The maximum Gasteiger partial charge on any atom is 0.414 e. The molecule has 0 aromatic rings. The van der Waals surface area contributed by atoms with Crippen LogP contribution in [-0.4, -0.2) is 114 Å². The molecule has 0 saturated heterocycles. The molecule has 0 heterocycles. The topological polar surface area (TPSA) is 215 Å². The number of rotatable bonds is 18. The second-order valence-electron chi connectivity index (χ2n) is 16.7. The van der Waals surface area contributed by atoms with Gasteiger partial charge in [-0.25, -0.2) is 19.2 Å². The minimum atomic E-state index is -0.757. The molecule has 0 aromatic heterocycles. The standard InChI is InChI=1S/C37H69N7O10S/c1-34(2,3)51-29(46)40-23-19-25-44(33(50)54-37(10,11)12)24-18-17-22-41-32(49)55-26-27(45)38-20-15-13-14-16-21-39-28(42-30(47)52-35(4,5)6)43-31(48)53-36(7,8)9/h13-26H2,1-12H3,(H,38,45)(H,40,46)(H,41,49)(H2,39,42,43,47,48). The molecule has 0 aliphatic heterocycles. The van der Waals surface area contributed by atoms with E-state index in [0.29, 0.717) is 65.0 Å². The number of carbonyl (C=O) groups excluding carboxylic acids is 6. The molecule has 17 nitrogen and oxygen atoms in total. The van der Waals surface area contributed by atoms with Crippen LogP contribution in [0.25, 0.3) is 0 Å². The number of hydrogen-bond donors (Lipinski definition) is 5. The number of nitrogens with zero attached hydrogens (tertiary/aromatic N) is 2. The summed E-state index contributed by atoms with van der Waals surface area (Å²) in [4.78, 5) is 79.4. The zero-order valence-corrected chi connectivity index (χ0v) is 36.1. The van der Waals surface area contributed by atoms with Gasteiger partial charge in [-0.05, 0) is 115 Å². The Bertz CT molecular complexity index is 1220. The summed E-state index contributed by atoms with van der Waals surface area (Å²) in [6, 6.07) is 0. The number of amides is 6. The highest BCUT2D eigenvalue weighted by molar-refractivity contribution is 8.14. The number of ether oxygens (including phenoxy) is 4. The molecule has 0 aliphatic rings. The van der Waals surface area contributed by atoms with E-state index in [9.17, 15) is 28.8 Å². The van der Waals surface area contributed by atoms with Crippen LogP contribution >= 0.6 is 11.8 Å². The maximum absolute atomic E-state index is 12.7. The number of unbranched alkanes of at least 4 members (excludes halogenated alkanes) is 4. The van der Waals surface area contributed by atoms with E-state index >= 15 is 0 Å². The lowest BCUT2D eigenvalue weighted by Crippen LogP contribution is -2.47. The van der Waals surface area contributed by atoms with Gasteiger partial charge in [-0.2, -0.15) is 0 Å². The van der Waals surface area contributed by atoms with Gasteiger partial charge in [0.1, 0.15) is 22.4 Å². The van der Waals surface area contributed by atoms with Crippen molar-refractivity contribution in [3.8, 4) is 0 Å².